The van der Waals surface area contributed by atoms with Crippen molar-refractivity contribution >= 4 is 0 Å². The molecule has 0 radical (unpaired) electrons. The van der Waals surface area contributed by atoms with Gasteiger partial charge >= 0.3 is 0 Å². The first-order valence-corrected chi connectivity index (χ1v) is 5.83. The van der Waals surface area contributed by atoms with Gasteiger partial charge in [0.15, 0.2) is 0 Å². The van der Waals surface area contributed by atoms with E-state index >= 15 is 0 Å². The highest BCUT2D eigenvalue weighted by Crippen LogP contribution is 2.28. The van der Waals surface area contributed by atoms with E-state index in [4.69, 9.17) is 4.74 Å². The molecule has 1 saturated heterocycles. The third kappa shape index (κ3) is 2.10. The van der Waals surface area contributed by atoms with Crippen molar-refractivity contribution in [3.05, 3.63) is 0 Å². The van der Waals surface area contributed by atoms with Crippen molar-refractivity contribution in [2.45, 2.75) is 44.4 Å². The quantitative estimate of drug-likeness (QED) is 0.727. The summed E-state index contributed by atoms with van der Waals surface area (Å²) in [5.41, 5.74) is 0. The first-order valence-electron chi connectivity index (χ1n) is 5.83. The number of hydrogen-bond donors (Lipinski definition) is 1. The van der Waals surface area contributed by atoms with Crippen LogP contribution in [0.2, 0.25) is 0 Å². The van der Waals surface area contributed by atoms with Crippen molar-refractivity contribution in [1.29, 1.82) is 0 Å². The molecular weight excluding hydrogens is 176 g/mol. The first-order chi connectivity index (χ1) is 6.83. The normalized spacial score (nSPS) is 39.4. The van der Waals surface area contributed by atoms with Gasteiger partial charge < -0.3 is 10.1 Å². The monoisotopic (exact) mass is 198 g/mol. The van der Waals surface area contributed by atoms with Gasteiger partial charge in [0.05, 0.1) is 6.10 Å². The summed E-state index contributed by atoms with van der Waals surface area (Å²) in [6.45, 7) is 5.88. The van der Waals surface area contributed by atoms with Gasteiger partial charge in [-0.15, -0.1) is 0 Å². The zero-order chi connectivity index (χ0) is 9.97. The van der Waals surface area contributed by atoms with Gasteiger partial charge in [0.2, 0.25) is 0 Å². The molecule has 0 aromatic heterocycles. The molecule has 1 aliphatic heterocycles. The fourth-order valence-corrected chi connectivity index (χ4v) is 2.48. The summed E-state index contributed by atoms with van der Waals surface area (Å²) in [4.78, 5) is 2.64. The van der Waals surface area contributed by atoms with Crippen LogP contribution in [-0.4, -0.2) is 49.8 Å². The minimum atomic E-state index is 0.537. The first kappa shape index (κ1) is 10.4. The van der Waals surface area contributed by atoms with Gasteiger partial charge in [-0.3, -0.25) is 4.90 Å². The molecule has 3 heteroatoms. The van der Waals surface area contributed by atoms with Crippen LogP contribution < -0.4 is 5.32 Å². The topological polar surface area (TPSA) is 24.5 Å². The molecule has 2 rings (SSSR count). The molecule has 14 heavy (non-hydrogen) atoms. The molecule has 0 aromatic carbocycles. The van der Waals surface area contributed by atoms with E-state index in [-0.39, 0.29) is 0 Å². The molecule has 2 aliphatic rings. The average molecular weight is 198 g/mol. The SMILES string of the molecule is CC[C@@H]1CN([C@H]2C[C@H](OC)C2)CCN1. The van der Waals surface area contributed by atoms with E-state index in [1.807, 2.05) is 7.11 Å². The Kier molecular flexibility index (Phi) is 3.42. The van der Waals surface area contributed by atoms with E-state index in [1.165, 1.54) is 32.4 Å². The number of nitrogens with one attached hydrogen (secondary N) is 1. The summed E-state index contributed by atoms with van der Waals surface area (Å²) in [5, 5.41) is 3.55. The van der Waals surface area contributed by atoms with E-state index < -0.39 is 0 Å². The van der Waals surface area contributed by atoms with Crippen LogP contribution in [0.4, 0.5) is 0 Å². The summed E-state index contributed by atoms with van der Waals surface area (Å²) >= 11 is 0. The van der Waals surface area contributed by atoms with E-state index in [0.717, 1.165) is 12.6 Å². The summed E-state index contributed by atoms with van der Waals surface area (Å²) in [6, 6.07) is 1.52. The Labute approximate surface area is 86.8 Å². The third-order valence-corrected chi connectivity index (χ3v) is 3.70. The van der Waals surface area contributed by atoms with Crippen LogP contribution in [0.25, 0.3) is 0 Å². The molecule has 1 atom stereocenters. The van der Waals surface area contributed by atoms with Gasteiger partial charge in [0.25, 0.3) is 0 Å². The standard InChI is InChI=1S/C11H22N2O/c1-3-9-8-13(5-4-12-9)10-6-11(7-10)14-2/h9-12H,3-8H2,1-2H3/t9-,10-,11-/m1/s1. The molecule has 1 saturated carbocycles. The summed E-state index contributed by atoms with van der Waals surface area (Å²) in [5.74, 6) is 0. The predicted octanol–water partition coefficient (Wildman–Crippen LogP) is 0.848. The van der Waals surface area contributed by atoms with Crippen LogP contribution in [-0.2, 0) is 4.74 Å². The van der Waals surface area contributed by atoms with Crippen molar-refractivity contribution in [2.75, 3.05) is 26.7 Å². The summed E-state index contributed by atoms with van der Waals surface area (Å²) < 4.78 is 5.32. The van der Waals surface area contributed by atoms with Gasteiger partial charge in [-0.25, -0.2) is 0 Å². The second-order valence-corrected chi connectivity index (χ2v) is 4.54. The van der Waals surface area contributed by atoms with Gasteiger partial charge in [-0.2, -0.15) is 0 Å². The van der Waals surface area contributed by atoms with Crippen LogP contribution in [0.1, 0.15) is 26.2 Å². The molecule has 1 heterocycles. The van der Waals surface area contributed by atoms with Crippen LogP contribution in [0.15, 0.2) is 0 Å². The molecule has 1 N–H and O–H groups in total. The second-order valence-electron chi connectivity index (χ2n) is 4.54. The summed E-state index contributed by atoms with van der Waals surface area (Å²) in [7, 11) is 1.83. The largest absolute Gasteiger partial charge is 0.381 e. The maximum atomic E-state index is 5.32. The highest BCUT2D eigenvalue weighted by Gasteiger charge is 2.35. The Morgan fingerprint density at radius 2 is 2.21 bits per heavy atom. The van der Waals surface area contributed by atoms with Gasteiger partial charge in [0, 0.05) is 38.8 Å². The van der Waals surface area contributed by atoms with Crippen LogP contribution in [0, 0.1) is 0 Å². The molecule has 1 aliphatic carbocycles. The van der Waals surface area contributed by atoms with Crippen molar-refractivity contribution < 1.29 is 4.74 Å². The lowest BCUT2D eigenvalue weighted by atomic mass is 9.87. The van der Waals surface area contributed by atoms with Gasteiger partial charge in [0.1, 0.15) is 0 Å². The van der Waals surface area contributed by atoms with Gasteiger partial charge in [-0.05, 0) is 19.3 Å². The van der Waals surface area contributed by atoms with Crippen molar-refractivity contribution in [3.63, 3.8) is 0 Å². The molecule has 0 amide bonds. The van der Waals surface area contributed by atoms with E-state index in [0.29, 0.717) is 12.1 Å². The van der Waals surface area contributed by atoms with Crippen LogP contribution in [0.5, 0.6) is 0 Å². The number of rotatable bonds is 3. The van der Waals surface area contributed by atoms with Crippen LogP contribution >= 0.6 is 0 Å². The minimum Gasteiger partial charge on any atom is -0.381 e. The zero-order valence-corrected chi connectivity index (χ0v) is 9.33. The smallest absolute Gasteiger partial charge is 0.0601 e. The number of piperazine rings is 1. The minimum absolute atomic E-state index is 0.537. The lowest BCUT2D eigenvalue weighted by molar-refractivity contribution is -0.0347. The second kappa shape index (κ2) is 4.60. The maximum Gasteiger partial charge on any atom is 0.0601 e. The zero-order valence-electron chi connectivity index (χ0n) is 9.33. The number of ether oxygens (including phenoxy) is 1. The lowest BCUT2D eigenvalue weighted by Gasteiger charge is -2.45. The Morgan fingerprint density at radius 3 is 2.86 bits per heavy atom. The highest BCUT2D eigenvalue weighted by molar-refractivity contribution is 4.91. The summed E-state index contributed by atoms with van der Waals surface area (Å²) in [6.07, 6.45) is 4.27. The molecular formula is C11H22N2O. The molecule has 3 nitrogen and oxygen atoms in total. The molecule has 0 bridgehead atoms. The predicted molar refractivity (Wildman–Crippen MR) is 57.5 cm³/mol. The number of hydrogen-bond acceptors (Lipinski definition) is 3. The van der Waals surface area contributed by atoms with E-state index in [9.17, 15) is 0 Å². The van der Waals surface area contributed by atoms with Crippen molar-refractivity contribution in [3.8, 4) is 0 Å². The lowest BCUT2D eigenvalue weighted by Crippen LogP contribution is -2.57. The van der Waals surface area contributed by atoms with Gasteiger partial charge in [-0.1, -0.05) is 6.92 Å². The van der Waals surface area contributed by atoms with E-state index in [2.05, 4.69) is 17.1 Å². The van der Waals surface area contributed by atoms with Crippen LogP contribution in [0.3, 0.4) is 0 Å². The third-order valence-electron chi connectivity index (χ3n) is 3.70. The highest BCUT2D eigenvalue weighted by atomic mass is 16.5. The number of nitrogens with zero attached hydrogens (tertiary/aromatic N) is 1. The Morgan fingerprint density at radius 1 is 1.43 bits per heavy atom. The Balaban J connectivity index is 1.75. The Bertz CT molecular complexity index is 180. The molecule has 0 unspecified atom stereocenters. The molecule has 0 aromatic rings. The fourth-order valence-electron chi connectivity index (χ4n) is 2.48. The molecule has 82 valence electrons. The van der Waals surface area contributed by atoms with Crippen molar-refractivity contribution in [2.24, 2.45) is 0 Å². The molecule has 0 spiro atoms. The van der Waals surface area contributed by atoms with Crippen molar-refractivity contribution in [1.82, 2.24) is 10.2 Å². The number of methoxy groups -OCH3 is 1. The molecule has 2 fully saturated rings. The van der Waals surface area contributed by atoms with E-state index in [1.54, 1.807) is 0 Å². The Hall–Kier alpha value is -0.120. The fraction of sp³-hybridized carbons (Fsp3) is 1.00. The maximum absolute atomic E-state index is 5.32. The average Bonchev–Trinajstić information content (AvgIpc) is 2.17.